The van der Waals surface area contributed by atoms with Crippen LogP contribution in [-0.2, 0) is 4.79 Å². The van der Waals surface area contributed by atoms with Gasteiger partial charge in [0.15, 0.2) is 11.3 Å². The standard InChI is InChI=1S/C18H19N5O/c1-11-6-12(7-13(24)2-4-19)8-14(11)16-9-21-17-10-22-18-15(23(16)17)3-5-20-18/h3,5,9-12,14,20H,2,6-8H2,1H3/t11-,12-,14+/m1/s1. The number of ketones is 1. The number of aromatic amines is 1. The highest BCUT2D eigenvalue weighted by Crippen LogP contribution is 2.44. The molecule has 0 bridgehead atoms. The van der Waals surface area contributed by atoms with E-state index < -0.39 is 0 Å². The Hall–Kier alpha value is -2.68. The Kier molecular flexibility index (Phi) is 3.57. The quantitative estimate of drug-likeness (QED) is 0.799. The fourth-order valence-electron chi connectivity index (χ4n) is 4.19. The highest BCUT2D eigenvalue weighted by molar-refractivity contribution is 5.80. The summed E-state index contributed by atoms with van der Waals surface area (Å²) in [6.45, 7) is 2.24. The Morgan fingerprint density at radius 2 is 2.29 bits per heavy atom. The van der Waals surface area contributed by atoms with Crippen LogP contribution in [-0.4, -0.2) is 25.1 Å². The molecule has 0 aromatic carbocycles. The van der Waals surface area contributed by atoms with Crippen molar-refractivity contribution in [2.24, 2.45) is 11.8 Å². The zero-order valence-electron chi connectivity index (χ0n) is 13.6. The molecular weight excluding hydrogens is 302 g/mol. The van der Waals surface area contributed by atoms with Gasteiger partial charge in [0.05, 0.1) is 24.2 Å². The molecule has 0 amide bonds. The van der Waals surface area contributed by atoms with Crippen molar-refractivity contribution in [3.8, 4) is 6.07 Å². The van der Waals surface area contributed by atoms with Gasteiger partial charge in [0.2, 0.25) is 0 Å². The first-order valence-electron chi connectivity index (χ1n) is 8.35. The molecule has 4 rings (SSSR count). The second kappa shape index (κ2) is 5.75. The van der Waals surface area contributed by atoms with E-state index in [9.17, 15) is 4.79 Å². The Morgan fingerprint density at radius 1 is 1.42 bits per heavy atom. The fraction of sp³-hybridized carbons (Fsp3) is 0.444. The minimum Gasteiger partial charge on any atom is -0.345 e. The van der Waals surface area contributed by atoms with E-state index in [2.05, 4.69) is 26.3 Å². The van der Waals surface area contributed by atoms with Crippen molar-refractivity contribution in [3.05, 3.63) is 30.4 Å². The Bertz CT molecular complexity index is 947. The van der Waals surface area contributed by atoms with E-state index in [4.69, 9.17) is 5.26 Å². The average molecular weight is 321 g/mol. The van der Waals surface area contributed by atoms with Gasteiger partial charge in [-0.1, -0.05) is 6.92 Å². The molecule has 0 radical (unpaired) electrons. The number of aromatic nitrogens is 4. The molecule has 122 valence electrons. The van der Waals surface area contributed by atoms with Gasteiger partial charge < -0.3 is 4.98 Å². The summed E-state index contributed by atoms with van der Waals surface area (Å²) in [5.74, 6) is 1.29. The first-order chi connectivity index (χ1) is 11.7. The second-order valence-corrected chi connectivity index (χ2v) is 6.85. The van der Waals surface area contributed by atoms with Crippen molar-refractivity contribution in [2.75, 3.05) is 0 Å². The van der Waals surface area contributed by atoms with Crippen molar-refractivity contribution in [1.29, 1.82) is 5.26 Å². The molecule has 6 heteroatoms. The lowest BCUT2D eigenvalue weighted by molar-refractivity contribution is -0.119. The molecule has 1 aliphatic rings. The fourth-order valence-corrected chi connectivity index (χ4v) is 4.19. The molecule has 0 saturated heterocycles. The van der Waals surface area contributed by atoms with Crippen LogP contribution in [0.25, 0.3) is 16.8 Å². The number of H-pyrrole nitrogens is 1. The van der Waals surface area contributed by atoms with Gasteiger partial charge in [-0.25, -0.2) is 9.97 Å². The smallest absolute Gasteiger partial charge is 0.156 e. The van der Waals surface area contributed by atoms with Crippen molar-refractivity contribution in [3.63, 3.8) is 0 Å². The molecular formula is C18H19N5O. The second-order valence-electron chi connectivity index (χ2n) is 6.85. The number of carbonyl (C=O) groups excluding carboxylic acids is 1. The lowest BCUT2D eigenvalue weighted by Gasteiger charge is -2.15. The van der Waals surface area contributed by atoms with Gasteiger partial charge in [0.25, 0.3) is 0 Å². The maximum absolute atomic E-state index is 11.8. The lowest BCUT2D eigenvalue weighted by Crippen LogP contribution is -2.06. The molecule has 1 saturated carbocycles. The zero-order chi connectivity index (χ0) is 16.7. The number of imidazole rings is 1. The molecule has 1 aliphatic carbocycles. The molecule has 3 aromatic rings. The maximum Gasteiger partial charge on any atom is 0.156 e. The van der Waals surface area contributed by atoms with Gasteiger partial charge in [-0.15, -0.1) is 0 Å². The van der Waals surface area contributed by atoms with Crippen LogP contribution >= 0.6 is 0 Å². The highest BCUT2D eigenvalue weighted by Gasteiger charge is 2.35. The topological polar surface area (TPSA) is 86.8 Å². The van der Waals surface area contributed by atoms with Gasteiger partial charge in [-0.05, 0) is 30.7 Å². The maximum atomic E-state index is 11.8. The molecule has 3 heterocycles. The molecule has 24 heavy (non-hydrogen) atoms. The first kappa shape index (κ1) is 14.9. The van der Waals surface area contributed by atoms with E-state index in [0.717, 1.165) is 29.7 Å². The number of hydrogen-bond acceptors (Lipinski definition) is 4. The van der Waals surface area contributed by atoms with E-state index in [0.29, 0.717) is 24.2 Å². The van der Waals surface area contributed by atoms with Crippen molar-refractivity contribution < 1.29 is 4.79 Å². The Morgan fingerprint density at radius 3 is 3.12 bits per heavy atom. The van der Waals surface area contributed by atoms with E-state index in [1.807, 2.05) is 24.5 Å². The van der Waals surface area contributed by atoms with Gasteiger partial charge in [-0.2, -0.15) is 5.26 Å². The van der Waals surface area contributed by atoms with Crippen molar-refractivity contribution in [2.45, 2.75) is 38.5 Å². The summed E-state index contributed by atoms with van der Waals surface area (Å²) >= 11 is 0. The SMILES string of the molecule is C[C@@H]1C[C@H](CC(=O)CC#N)C[C@@H]1c1cnc2cnc3[nH]ccc3n12. The third-order valence-electron chi connectivity index (χ3n) is 5.22. The van der Waals surface area contributed by atoms with Crippen LogP contribution in [0.4, 0.5) is 0 Å². The van der Waals surface area contributed by atoms with Crippen LogP contribution in [0, 0.1) is 23.2 Å². The molecule has 0 spiro atoms. The summed E-state index contributed by atoms with van der Waals surface area (Å²) in [6, 6.07) is 3.98. The number of carbonyl (C=O) groups is 1. The molecule has 3 aromatic heterocycles. The summed E-state index contributed by atoms with van der Waals surface area (Å²) in [5.41, 5.74) is 3.94. The van der Waals surface area contributed by atoms with E-state index in [1.54, 1.807) is 6.20 Å². The van der Waals surface area contributed by atoms with Crippen LogP contribution in [0.3, 0.4) is 0 Å². The van der Waals surface area contributed by atoms with Gasteiger partial charge in [-0.3, -0.25) is 9.20 Å². The van der Waals surface area contributed by atoms with Crippen LogP contribution in [0.5, 0.6) is 0 Å². The average Bonchev–Trinajstić information content (AvgIpc) is 3.24. The predicted molar refractivity (Wildman–Crippen MR) is 89.3 cm³/mol. The molecule has 6 nitrogen and oxygen atoms in total. The minimum absolute atomic E-state index is 0.0286. The predicted octanol–water partition coefficient (Wildman–Crippen LogP) is 3.21. The number of Topliss-reactive ketones (excluding diaryl/α,β-unsaturated/α-hetero) is 1. The molecule has 1 N–H and O–H groups in total. The first-order valence-corrected chi connectivity index (χ1v) is 8.35. The summed E-state index contributed by atoms with van der Waals surface area (Å²) < 4.78 is 2.18. The van der Waals surface area contributed by atoms with Gasteiger partial charge >= 0.3 is 0 Å². The van der Waals surface area contributed by atoms with Crippen molar-refractivity contribution >= 4 is 22.6 Å². The van der Waals surface area contributed by atoms with Crippen molar-refractivity contribution in [1.82, 2.24) is 19.4 Å². The van der Waals surface area contributed by atoms with E-state index >= 15 is 0 Å². The third-order valence-corrected chi connectivity index (χ3v) is 5.22. The normalized spacial score (nSPS) is 23.8. The molecule has 0 unspecified atom stereocenters. The summed E-state index contributed by atoms with van der Waals surface area (Å²) in [5, 5.41) is 8.67. The zero-order valence-corrected chi connectivity index (χ0v) is 13.6. The summed E-state index contributed by atoms with van der Waals surface area (Å²) in [7, 11) is 0. The molecule has 3 atom stereocenters. The lowest BCUT2D eigenvalue weighted by atomic mass is 9.95. The summed E-state index contributed by atoms with van der Waals surface area (Å²) in [4.78, 5) is 23.9. The molecule has 0 aliphatic heterocycles. The highest BCUT2D eigenvalue weighted by atomic mass is 16.1. The van der Waals surface area contributed by atoms with Gasteiger partial charge in [0.1, 0.15) is 5.78 Å². The number of nitrogens with zero attached hydrogens (tertiary/aromatic N) is 4. The summed E-state index contributed by atoms with van der Waals surface area (Å²) in [6.07, 6.45) is 8.17. The third kappa shape index (κ3) is 2.37. The number of hydrogen-bond donors (Lipinski definition) is 1. The van der Waals surface area contributed by atoms with Crippen LogP contribution in [0.2, 0.25) is 0 Å². The Labute approximate surface area is 139 Å². The van der Waals surface area contributed by atoms with E-state index in [1.165, 1.54) is 5.69 Å². The minimum atomic E-state index is 0.0286. The number of nitrogens with one attached hydrogen (secondary N) is 1. The Balaban J connectivity index is 1.67. The molecule has 1 fully saturated rings. The largest absolute Gasteiger partial charge is 0.345 e. The van der Waals surface area contributed by atoms with Gasteiger partial charge in [0, 0.05) is 30.4 Å². The monoisotopic (exact) mass is 321 g/mol. The van der Waals surface area contributed by atoms with Crippen LogP contribution in [0.1, 0.15) is 44.2 Å². The van der Waals surface area contributed by atoms with E-state index in [-0.39, 0.29) is 12.2 Å². The number of rotatable bonds is 4. The van der Waals surface area contributed by atoms with Crippen LogP contribution < -0.4 is 0 Å². The number of nitriles is 1. The van der Waals surface area contributed by atoms with Crippen LogP contribution in [0.15, 0.2) is 24.7 Å². The number of fused-ring (bicyclic) bond motifs is 3.